The molecule has 2 N–H and O–H groups in total. The Morgan fingerprint density at radius 3 is 2.26 bits per heavy atom. The highest BCUT2D eigenvalue weighted by atomic mass is 16.6. The van der Waals surface area contributed by atoms with Gasteiger partial charge >= 0.3 is 0 Å². The van der Waals surface area contributed by atoms with Crippen LogP contribution in [0, 0.1) is 0 Å². The number of benzene rings is 3. The SMILES string of the molecule is CCN(CC)c1ccc(/C=C(\NC(=O)c2ccccc2)C(=O)N/N=C(/C)c2ccc3c(c2)OCCO3)cc1. The molecule has 3 aromatic carbocycles. The number of hydrazone groups is 1. The molecule has 0 saturated carbocycles. The summed E-state index contributed by atoms with van der Waals surface area (Å²) in [4.78, 5) is 28.3. The summed E-state index contributed by atoms with van der Waals surface area (Å²) in [6, 6.07) is 22.1. The van der Waals surface area contributed by atoms with Gasteiger partial charge in [0.15, 0.2) is 11.5 Å². The second-order valence-electron chi connectivity index (χ2n) is 8.64. The maximum absolute atomic E-state index is 13.2. The molecule has 1 aliphatic heterocycles. The topological polar surface area (TPSA) is 92.3 Å². The van der Waals surface area contributed by atoms with E-state index in [9.17, 15) is 9.59 Å². The molecule has 1 aliphatic rings. The number of nitrogens with zero attached hydrogens (tertiary/aromatic N) is 2. The van der Waals surface area contributed by atoms with Crippen molar-refractivity contribution in [3.8, 4) is 11.5 Å². The number of nitrogens with one attached hydrogen (secondary N) is 2. The summed E-state index contributed by atoms with van der Waals surface area (Å²) in [6.45, 7) is 8.77. The number of hydrogen-bond acceptors (Lipinski definition) is 6. The number of anilines is 1. The van der Waals surface area contributed by atoms with Crippen LogP contribution in [0.15, 0.2) is 83.6 Å². The van der Waals surface area contributed by atoms with E-state index in [1.54, 1.807) is 37.3 Å². The lowest BCUT2D eigenvalue weighted by Crippen LogP contribution is -2.33. The lowest BCUT2D eigenvalue weighted by molar-refractivity contribution is -0.117. The van der Waals surface area contributed by atoms with Crippen molar-refractivity contribution in [2.24, 2.45) is 5.10 Å². The number of amides is 2. The molecule has 196 valence electrons. The number of rotatable bonds is 9. The molecule has 4 rings (SSSR count). The number of ether oxygens (including phenoxy) is 2. The molecule has 2 amide bonds. The molecule has 0 bridgehead atoms. The highest BCUT2D eigenvalue weighted by Crippen LogP contribution is 2.30. The Hall–Kier alpha value is -4.59. The largest absolute Gasteiger partial charge is 0.486 e. The predicted molar refractivity (Wildman–Crippen MR) is 150 cm³/mol. The zero-order chi connectivity index (χ0) is 26.9. The molecule has 0 radical (unpaired) electrons. The average Bonchev–Trinajstić information content (AvgIpc) is 2.97. The van der Waals surface area contributed by atoms with Crippen LogP contribution < -0.4 is 25.1 Å². The first kappa shape index (κ1) is 26.5. The number of hydrogen-bond donors (Lipinski definition) is 2. The van der Waals surface area contributed by atoms with Crippen molar-refractivity contribution in [3.63, 3.8) is 0 Å². The fourth-order valence-corrected chi connectivity index (χ4v) is 4.01. The van der Waals surface area contributed by atoms with Gasteiger partial charge in [0.2, 0.25) is 0 Å². The Labute approximate surface area is 223 Å². The van der Waals surface area contributed by atoms with Gasteiger partial charge in [-0.05, 0) is 74.9 Å². The molecule has 0 saturated heterocycles. The minimum atomic E-state index is -0.543. The molecule has 0 unspecified atom stereocenters. The van der Waals surface area contributed by atoms with Gasteiger partial charge in [-0.2, -0.15) is 5.10 Å². The van der Waals surface area contributed by atoms with Gasteiger partial charge in [0, 0.05) is 29.9 Å². The second-order valence-corrected chi connectivity index (χ2v) is 8.64. The first-order valence-corrected chi connectivity index (χ1v) is 12.7. The fraction of sp³-hybridized carbons (Fsp3) is 0.233. The zero-order valence-corrected chi connectivity index (χ0v) is 21.9. The van der Waals surface area contributed by atoms with Gasteiger partial charge in [-0.15, -0.1) is 0 Å². The van der Waals surface area contributed by atoms with E-state index < -0.39 is 5.91 Å². The Morgan fingerprint density at radius 1 is 0.895 bits per heavy atom. The lowest BCUT2D eigenvalue weighted by Gasteiger charge is -2.21. The molecule has 0 spiro atoms. The van der Waals surface area contributed by atoms with Crippen LogP contribution in [0.25, 0.3) is 6.08 Å². The quantitative estimate of drug-likeness (QED) is 0.248. The number of carbonyl (C=O) groups is 2. The Morgan fingerprint density at radius 2 is 1.58 bits per heavy atom. The predicted octanol–water partition coefficient (Wildman–Crippen LogP) is 4.62. The second kappa shape index (κ2) is 12.6. The van der Waals surface area contributed by atoms with Crippen molar-refractivity contribution >= 4 is 29.3 Å². The van der Waals surface area contributed by atoms with Gasteiger partial charge in [0.05, 0.1) is 5.71 Å². The molecule has 1 heterocycles. The smallest absolute Gasteiger partial charge is 0.287 e. The van der Waals surface area contributed by atoms with Crippen LogP contribution in [-0.2, 0) is 4.79 Å². The molecule has 38 heavy (non-hydrogen) atoms. The van der Waals surface area contributed by atoms with Crippen molar-refractivity contribution in [2.45, 2.75) is 20.8 Å². The highest BCUT2D eigenvalue weighted by molar-refractivity contribution is 6.06. The summed E-state index contributed by atoms with van der Waals surface area (Å²) in [5.41, 5.74) is 6.31. The molecule has 0 aliphatic carbocycles. The normalized spacial score (nSPS) is 13.0. The Kier molecular flexibility index (Phi) is 8.77. The summed E-state index contributed by atoms with van der Waals surface area (Å²) in [7, 11) is 0. The third-order valence-electron chi connectivity index (χ3n) is 6.15. The first-order valence-electron chi connectivity index (χ1n) is 12.7. The summed E-state index contributed by atoms with van der Waals surface area (Å²) < 4.78 is 11.2. The molecule has 8 nitrogen and oxygen atoms in total. The minimum absolute atomic E-state index is 0.0770. The third kappa shape index (κ3) is 6.59. The fourth-order valence-electron chi connectivity index (χ4n) is 4.01. The Bertz CT molecular complexity index is 1330. The minimum Gasteiger partial charge on any atom is -0.486 e. The summed E-state index contributed by atoms with van der Waals surface area (Å²) in [5.74, 6) is 0.384. The molecular formula is C30H32N4O4. The van der Waals surface area contributed by atoms with Crippen LogP contribution in [0.3, 0.4) is 0 Å². The molecule has 0 aromatic heterocycles. The van der Waals surface area contributed by atoms with Gasteiger partial charge in [-0.25, -0.2) is 5.43 Å². The lowest BCUT2D eigenvalue weighted by atomic mass is 10.1. The number of fused-ring (bicyclic) bond motifs is 1. The van der Waals surface area contributed by atoms with Crippen molar-refractivity contribution in [3.05, 3.63) is 95.2 Å². The van der Waals surface area contributed by atoms with Crippen molar-refractivity contribution in [1.82, 2.24) is 10.7 Å². The summed E-state index contributed by atoms with van der Waals surface area (Å²) in [5, 5.41) is 7.01. The van der Waals surface area contributed by atoms with E-state index in [-0.39, 0.29) is 11.6 Å². The van der Waals surface area contributed by atoms with Crippen LogP contribution in [0.1, 0.15) is 42.3 Å². The van der Waals surface area contributed by atoms with E-state index in [4.69, 9.17) is 9.47 Å². The molecular weight excluding hydrogens is 480 g/mol. The molecule has 3 aromatic rings. The van der Waals surface area contributed by atoms with E-state index in [1.807, 2.05) is 48.5 Å². The third-order valence-corrected chi connectivity index (χ3v) is 6.15. The van der Waals surface area contributed by atoms with Gasteiger partial charge in [0.1, 0.15) is 18.9 Å². The van der Waals surface area contributed by atoms with Gasteiger partial charge < -0.3 is 19.7 Å². The zero-order valence-electron chi connectivity index (χ0n) is 21.9. The van der Waals surface area contributed by atoms with Crippen LogP contribution in [0.2, 0.25) is 0 Å². The maximum atomic E-state index is 13.2. The van der Waals surface area contributed by atoms with E-state index in [2.05, 4.69) is 34.6 Å². The molecule has 0 atom stereocenters. The van der Waals surface area contributed by atoms with Crippen LogP contribution in [-0.4, -0.2) is 43.8 Å². The van der Waals surface area contributed by atoms with E-state index in [0.717, 1.165) is 29.9 Å². The van der Waals surface area contributed by atoms with Crippen molar-refractivity contribution in [2.75, 3.05) is 31.2 Å². The molecule has 8 heteroatoms. The molecule has 0 fully saturated rings. The van der Waals surface area contributed by atoms with Crippen molar-refractivity contribution < 1.29 is 19.1 Å². The van der Waals surface area contributed by atoms with E-state index >= 15 is 0 Å². The Balaban J connectivity index is 1.56. The van der Waals surface area contributed by atoms with Gasteiger partial charge in [-0.3, -0.25) is 9.59 Å². The van der Waals surface area contributed by atoms with Gasteiger partial charge in [-0.1, -0.05) is 30.3 Å². The van der Waals surface area contributed by atoms with Crippen LogP contribution in [0.5, 0.6) is 11.5 Å². The number of carbonyl (C=O) groups excluding carboxylic acids is 2. The first-order chi connectivity index (χ1) is 18.5. The monoisotopic (exact) mass is 512 g/mol. The van der Waals surface area contributed by atoms with Gasteiger partial charge in [0.25, 0.3) is 11.8 Å². The average molecular weight is 513 g/mol. The highest BCUT2D eigenvalue weighted by Gasteiger charge is 2.16. The van der Waals surface area contributed by atoms with E-state index in [1.165, 1.54) is 0 Å². The standard InChI is InChI=1S/C30H32N4O4/c1-4-34(5-2)25-14-11-22(12-15-25)19-26(31-29(35)23-9-7-6-8-10-23)30(36)33-32-21(3)24-13-16-27-28(20-24)38-18-17-37-27/h6-16,19-20H,4-5,17-18H2,1-3H3,(H,31,35)(H,33,36)/b26-19-,32-21-. The van der Waals surface area contributed by atoms with E-state index in [0.29, 0.717) is 36.0 Å². The van der Waals surface area contributed by atoms with Crippen molar-refractivity contribution in [1.29, 1.82) is 0 Å². The van der Waals surface area contributed by atoms with Crippen LogP contribution in [0.4, 0.5) is 5.69 Å². The van der Waals surface area contributed by atoms with Crippen LogP contribution >= 0.6 is 0 Å². The summed E-state index contributed by atoms with van der Waals surface area (Å²) in [6.07, 6.45) is 1.64. The maximum Gasteiger partial charge on any atom is 0.287 e. The summed E-state index contributed by atoms with van der Waals surface area (Å²) >= 11 is 0.